The predicted octanol–water partition coefficient (Wildman–Crippen LogP) is 3.64. The summed E-state index contributed by atoms with van der Waals surface area (Å²) in [4.78, 5) is 2.28. The number of nitrogens with zero attached hydrogens (tertiary/aromatic N) is 2. The van der Waals surface area contributed by atoms with Gasteiger partial charge in [-0.25, -0.2) is 4.39 Å². The number of aromatic nitrogens is 2. The van der Waals surface area contributed by atoms with E-state index < -0.39 is 0 Å². The van der Waals surface area contributed by atoms with Crippen molar-refractivity contribution in [1.29, 1.82) is 0 Å². The third-order valence-electron chi connectivity index (χ3n) is 4.26. The Hall–Kier alpha value is -2.21. The number of H-pyrrole nitrogens is 1. The molecule has 3 aromatic rings. The van der Waals surface area contributed by atoms with E-state index in [-0.39, 0.29) is 18.2 Å². The zero-order chi connectivity index (χ0) is 17.5. The van der Waals surface area contributed by atoms with Crippen molar-refractivity contribution in [2.75, 3.05) is 19.6 Å². The van der Waals surface area contributed by atoms with Crippen LogP contribution < -0.4 is 5.73 Å². The number of halogens is 2. The van der Waals surface area contributed by atoms with Gasteiger partial charge in [-0.3, -0.25) is 10.00 Å². The average Bonchev–Trinajstić information content (AvgIpc) is 3.09. The lowest BCUT2D eigenvalue weighted by Crippen LogP contribution is -2.31. The molecule has 3 rings (SSSR count). The normalized spacial score (nSPS) is 10.7. The molecule has 26 heavy (non-hydrogen) atoms. The fraction of sp³-hybridized carbons (Fsp3) is 0.250. The van der Waals surface area contributed by atoms with E-state index in [0.717, 1.165) is 30.8 Å². The molecule has 0 radical (unpaired) electrons. The Kier molecular flexibility index (Phi) is 7.78. The van der Waals surface area contributed by atoms with Crippen molar-refractivity contribution in [3.63, 3.8) is 0 Å². The summed E-state index contributed by atoms with van der Waals surface area (Å²) in [7, 11) is 0. The highest BCUT2D eigenvalue weighted by Crippen LogP contribution is 2.24. The zero-order valence-electron chi connectivity index (χ0n) is 14.6. The minimum absolute atomic E-state index is 0. The van der Waals surface area contributed by atoms with E-state index in [1.54, 1.807) is 18.3 Å². The number of rotatable bonds is 8. The first-order chi connectivity index (χ1) is 12.3. The van der Waals surface area contributed by atoms with Crippen LogP contribution in [0, 0.1) is 5.82 Å². The maximum atomic E-state index is 14.1. The van der Waals surface area contributed by atoms with Gasteiger partial charge in [0.25, 0.3) is 0 Å². The number of nitrogens with two attached hydrogens (primary N) is 1. The van der Waals surface area contributed by atoms with Crippen LogP contribution in [0.3, 0.4) is 0 Å². The summed E-state index contributed by atoms with van der Waals surface area (Å²) in [6, 6.07) is 17.1. The fourth-order valence-corrected chi connectivity index (χ4v) is 2.95. The van der Waals surface area contributed by atoms with Gasteiger partial charge in [-0.2, -0.15) is 5.10 Å². The number of aromatic amines is 1. The topological polar surface area (TPSA) is 57.9 Å². The SMILES string of the molecule is Cl.NCCN(CCc1ccccc1)Cc1cn[nH]c1-c1ccccc1F. The molecule has 0 amide bonds. The van der Waals surface area contributed by atoms with Crippen LogP contribution in [0.2, 0.25) is 0 Å². The third-order valence-corrected chi connectivity index (χ3v) is 4.26. The minimum Gasteiger partial charge on any atom is -0.329 e. The first-order valence-electron chi connectivity index (χ1n) is 8.51. The highest BCUT2D eigenvalue weighted by molar-refractivity contribution is 5.85. The Balaban J connectivity index is 0.00000243. The van der Waals surface area contributed by atoms with Crippen LogP contribution in [0.1, 0.15) is 11.1 Å². The van der Waals surface area contributed by atoms with Gasteiger partial charge in [-0.1, -0.05) is 42.5 Å². The maximum Gasteiger partial charge on any atom is 0.132 e. The van der Waals surface area contributed by atoms with Gasteiger partial charge < -0.3 is 5.73 Å². The monoisotopic (exact) mass is 374 g/mol. The standard InChI is InChI=1S/C20H23FN4.ClH/c21-19-9-5-4-8-18(19)20-17(14-23-24-20)15-25(13-11-22)12-10-16-6-2-1-3-7-16;/h1-9,14H,10-13,15,22H2,(H,23,24);1H. The first kappa shape index (κ1) is 20.1. The Bertz CT molecular complexity index is 791. The molecular weight excluding hydrogens is 351 g/mol. The number of nitrogens with one attached hydrogen (secondary N) is 1. The first-order valence-corrected chi connectivity index (χ1v) is 8.51. The van der Waals surface area contributed by atoms with Gasteiger partial charge >= 0.3 is 0 Å². The van der Waals surface area contributed by atoms with Crippen LogP contribution in [-0.2, 0) is 13.0 Å². The zero-order valence-corrected chi connectivity index (χ0v) is 15.4. The van der Waals surface area contributed by atoms with Crippen LogP contribution in [0.15, 0.2) is 60.8 Å². The minimum atomic E-state index is -0.248. The molecule has 0 atom stereocenters. The highest BCUT2D eigenvalue weighted by atomic mass is 35.5. The molecule has 0 bridgehead atoms. The Morgan fingerprint density at radius 2 is 1.73 bits per heavy atom. The molecule has 1 aromatic heterocycles. The quantitative estimate of drug-likeness (QED) is 0.632. The molecule has 0 saturated carbocycles. The van der Waals surface area contributed by atoms with Crippen LogP contribution in [0.5, 0.6) is 0 Å². The van der Waals surface area contributed by atoms with E-state index in [0.29, 0.717) is 18.7 Å². The van der Waals surface area contributed by atoms with E-state index in [9.17, 15) is 4.39 Å². The van der Waals surface area contributed by atoms with Crippen molar-refractivity contribution >= 4 is 12.4 Å². The van der Waals surface area contributed by atoms with Gasteiger partial charge in [0.1, 0.15) is 5.82 Å². The smallest absolute Gasteiger partial charge is 0.132 e. The summed E-state index contributed by atoms with van der Waals surface area (Å²) in [5.41, 5.74) is 9.33. The summed E-state index contributed by atoms with van der Waals surface area (Å²) in [6.07, 6.45) is 2.72. The second kappa shape index (κ2) is 10.1. The molecule has 0 spiro atoms. The number of hydrogen-bond donors (Lipinski definition) is 2. The molecule has 0 aliphatic carbocycles. The highest BCUT2D eigenvalue weighted by Gasteiger charge is 2.14. The van der Waals surface area contributed by atoms with Gasteiger partial charge in [0.2, 0.25) is 0 Å². The summed E-state index contributed by atoms with van der Waals surface area (Å²) < 4.78 is 14.1. The van der Waals surface area contributed by atoms with Gasteiger partial charge in [-0.05, 0) is 24.1 Å². The van der Waals surface area contributed by atoms with Gasteiger partial charge in [0.05, 0.1) is 11.9 Å². The number of hydrogen-bond acceptors (Lipinski definition) is 3. The molecule has 0 aliphatic heterocycles. The Morgan fingerprint density at radius 1 is 1.00 bits per heavy atom. The molecule has 0 saturated heterocycles. The van der Waals surface area contributed by atoms with E-state index >= 15 is 0 Å². The molecule has 4 nitrogen and oxygen atoms in total. The molecular formula is C20H24ClFN4. The summed E-state index contributed by atoms with van der Waals surface area (Å²) in [6.45, 7) is 2.95. The Labute approximate surface area is 159 Å². The van der Waals surface area contributed by atoms with Crippen molar-refractivity contribution < 1.29 is 4.39 Å². The van der Waals surface area contributed by atoms with E-state index in [1.807, 2.05) is 12.1 Å². The molecule has 1 heterocycles. The van der Waals surface area contributed by atoms with Crippen molar-refractivity contribution in [1.82, 2.24) is 15.1 Å². The lowest BCUT2D eigenvalue weighted by molar-refractivity contribution is 0.277. The number of benzene rings is 2. The van der Waals surface area contributed by atoms with Crippen LogP contribution in [0.25, 0.3) is 11.3 Å². The largest absolute Gasteiger partial charge is 0.329 e. The van der Waals surface area contributed by atoms with E-state index in [2.05, 4.69) is 39.4 Å². The molecule has 138 valence electrons. The van der Waals surface area contributed by atoms with Crippen molar-refractivity contribution in [2.45, 2.75) is 13.0 Å². The maximum absolute atomic E-state index is 14.1. The molecule has 3 N–H and O–H groups in total. The molecule has 0 fully saturated rings. The summed E-state index contributed by atoms with van der Waals surface area (Å²) >= 11 is 0. The average molecular weight is 375 g/mol. The Morgan fingerprint density at radius 3 is 2.46 bits per heavy atom. The van der Waals surface area contributed by atoms with Crippen LogP contribution in [-0.4, -0.2) is 34.7 Å². The summed E-state index contributed by atoms with van der Waals surface area (Å²) in [5.74, 6) is -0.248. The summed E-state index contributed by atoms with van der Waals surface area (Å²) in [5, 5.41) is 7.06. The van der Waals surface area contributed by atoms with E-state index in [4.69, 9.17) is 5.73 Å². The van der Waals surface area contributed by atoms with E-state index in [1.165, 1.54) is 11.6 Å². The van der Waals surface area contributed by atoms with Crippen molar-refractivity contribution in [2.24, 2.45) is 5.73 Å². The second-order valence-corrected chi connectivity index (χ2v) is 6.05. The van der Waals surface area contributed by atoms with Crippen molar-refractivity contribution in [3.05, 3.63) is 77.7 Å². The lowest BCUT2D eigenvalue weighted by atomic mass is 10.1. The lowest BCUT2D eigenvalue weighted by Gasteiger charge is -2.21. The molecule has 0 aliphatic rings. The predicted molar refractivity (Wildman–Crippen MR) is 106 cm³/mol. The third kappa shape index (κ3) is 5.14. The van der Waals surface area contributed by atoms with Crippen LogP contribution in [0.4, 0.5) is 4.39 Å². The fourth-order valence-electron chi connectivity index (χ4n) is 2.95. The van der Waals surface area contributed by atoms with Crippen molar-refractivity contribution in [3.8, 4) is 11.3 Å². The second-order valence-electron chi connectivity index (χ2n) is 6.05. The molecule has 2 aromatic carbocycles. The van der Waals surface area contributed by atoms with Crippen LogP contribution >= 0.6 is 12.4 Å². The molecule has 6 heteroatoms. The van der Waals surface area contributed by atoms with Gasteiger partial charge in [0.15, 0.2) is 0 Å². The molecule has 0 unspecified atom stereocenters. The van der Waals surface area contributed by atoms with Gasteiger partial charge in [-0.15, -0.1) is 12.4 Å². The van der Waals surface area contributed by atoms with Gasteiger partial charge in [0, 0.05) is 37.3 Å².